The van der Waals surface area contributed by atoms with Gasteiger partial charge in [0.2, 0.25) is 11.9 Å². The topological polar surface area (TPSA) is 106 Å². The number of nitrogens with one attached hydrogen (secondary N) is 2. The van der Waals surface area contributed by atoms with Gasteiger partial charge in [-0.15, -0.1) is 5.10 Å². The molecule has 0 atom stereocenters. The molecule has 2 aromatic heterocycles. The third kappa shape index (κ3) is 4.58. The van der Waals surface area contributed by atoms with Gasteiger partial charge in [-0.05, 0) is 49.7 Å². The van der Waals surface area contributed by atoms with Crippen LogP contribution in [0.2, 0.25) is 0 Å². The zero-order chi connectivity index (χ0) is 21.1. The van der Waals surface area contributed by atoms with Crippen LogP contribution < -0.4 is 10.9 Å². The van der Waals surface area contributed by atoms with Gasteiger partial charge in [0.05, 0.1) is 17.2 Å². The third-order valence-electron chi connectivity index (χ3n) is 5.77. The Labute approximate surface area is 175 Å². The molecule has 1 saturated carbocycles. The van der Waals surface area contributed by atoms with Crippen LogP contribution in [-0.4, -0.2) is 30.6 Å². The van der Waals surface area contributed by atoms with Crippen molar-refractivity contribution >= 4 is 22.8 Å². The number of aromatic amines is 1. The number of amides is 1. The highest BCUT2D eigenvalue weighted by molar-refractivity contribution is 5.90. The van der Waals surface area contributed by atoms with Gasteiger partial charge < -0.3 is 0 Å². The number of hydrogen-bond donors (Lipinski definition) is 2. The molecule has 0 unspecified atom stereocenters. The van der Waals surface area contributed by atoms with E-state index in [1.165, 1.54) is 0 Å². The maximum Gasteiger partial charge on any atom is 0.261 e. The first kappa shape index (κ1) is 20.3. The third-order valence-corrected chi connectivity index (χ3v) is 5.77. The van der Waals surface area contributed by atoms with Crippen molar-refractivity contribution in [2.24, 2.45) is 17.8 Å². The van der Waals surface area contributed by atoms with Crippen molar-refractivity contribution in [2.75, 3.05) is 5.32 Å². The second-order valence-electron chi connectivity index (χ2n) is 8.63. The number of hydrogen-bond acceptors (Lipinski definition) is 5. The van der Waals surface area contributed by atoms with E-state index >= 15 is 0 Å². The zero-order valence-corrected chi connectivity index (χ0v) is 17.5. The molecule has 0 saturated heterocycles. The lowest BCUT2D eigenvalue weighted by molar-refractivity contribution is -0.121. The molecule has 1 aliphatic rings. The second kappa shape index (κ2) is 8.77. The summed E-state index contributed by atoms with van der Waals surface area (Å²) >= 11 is 0. The van der Waals surface area contributed by atoms with E-state index in [1.54, 1.807) is 10.9 Å². The summed E-state index contributed by atoms with van der Waals surface area (Å²) in [6.07, 6.45) is 5.86. The van der Waals surface area contributed by atoms with E-state index in [0.29, 0.717) is 29.7 Å². The number of benzene rings is 1. The van der Waals surface area contributed by atoms with Crippen molar-refractivity contribution in [2.45, 2.75) is 52.5 Å². The molecular formula is C22H28N6O2. The Morgan fingerprint density at radius 3 is 2.77 bits per heavy atom. The van der Waals surface area contributed by atoms with Crippen molar-refractivity contribution in [3.63, 3.8) is 0 Å². The Bertz CT molecular complexity index is 1080. The maximum absolute atomic E-state index is 12.7. The fraction of sp³-hybridized carbons (Fsp3) is 0.500. The Morgan fingerprint density at radius 1 is 1.23 bits per heavy atom. The summed E-state index contributed by atoms with van der Waals surface area (Å²) < 4.78 is 1.71. The first-order chi connectivity index (χ1) is 14.5. The van der Waals surface area contributed by atoms with Gasteiger partial charge in [-0.3, -0.25) is 24.6 Å². The standard InChI is InChI=1S/C22H28N6O2/c1-14(2)11-19-24-22(27-26-19)25-20(29)16-9-7-15(8-10-16)12-28-13-23-18-6-4-3-5-17(18)21(28)30/h3-6,13-16H,7-12H2,1-2H3,(H2,24,25,26,27,29). The van der Waals surface area contributed by atoms with E-state index in [9.17, 15) is 9.59 Å². The minimum Gasteiger partial charge on any atom is -0.298 e. The molecule has 158 valence electrons. The molecule has 2 N–H and O–H groups in total. The van der Waals surface area contributed by atoms with Crippen LogP contribution >= 0.6 is 0 Å². The summed E-state index contributed by atoms with van der Waals surface area (Å²) in [4.78, 5) is 34.0. The lowest BCUT2D eigenvalue weighted by Gasteiger charge is -2.27. The van der Waals surface area contributed by atoms with E-state index in [2.05, 4.69) is 39.3 Å². The molecule has 4 rings (SSSR count). The molecule has 2 heterocycles. The molecule has 1 amide bonds. The van der Waals surface area contributed by atoms with E-state index in [1.807, 2.05) is 24.3 Å². The SMILES string of the molecule is CC(C)Cc1nc(NC(=O)C2CCC(Cn3cnc4ccccc4c3=O)CC2)n[nH]1. The first-order valence-electron chi connectivity index (χ1n) is 10.7. The van der Waals surface area contributed by atoms with Crippen molar-refractivity contribution in [3.8, 4) is 0 Å². The number of nitrogens with zero attached hydrogens (tertiary/aromatic N) is 4. The Kier molecular flexibility index (Phi) is 5.92. The predicted molar refractivity (Wildman–Crippen MR) is 115 cm³/mol. The summed E-state index contributed by atoms with van der Waals surface area (Å²) in [5.74, 6) is 1.93. The van der Waals surface area contributed by atoms with E-state index < -0.39 is 0 Å². The number of anilines is 1. The Morgan fingerprint density at radius 2 is 2.00 bits per heavy atom. The highest BCUT2D eigenvalue weighted by atomic mass is 16.2. The number of para-hydroxylation sites is 1. The van der Waals surface area contributed by atoms with Crippen LogP contribution in [0.5, 0.6) is 0 Å². The Balaban J connectivity index is 1.31. The maximum atomic E-state index is 12.7. The minimum absolute atomic E-state index is 0.00211. The smallest absolute Gasteiger partial charge is 0.261 e. The summed E-state index contributed by atoms with van der Waals surface area (Å²) in [6, 6.07) is 7.41. The minimum atomic E-state index is -0.0419. The molecule has 0 bridgehead atoms. The van der Waals surface area contributed by atoms with E-state index in [4.69, 9.17) is 0 Å². The monoisotopic (exact) mass is 408 g/mol. The molecule has 30 heavy (non-hydrogen) atoms. The van der Waals surface area contributed by atoms with Crippen molar-refractivity contribution in [1.29, 1.82) is 0 Å². The molecule has 8 nitrogen and oxygen atoms in total. The van der Waals surface area contributed by atoms with Crippen LogP contribution in [0.1, 0.15) is 45.4 Å². The molecule has 0 aliphatic heterocycles. The number of rotatable bonds is 6. The van der Waals surface area contributed by atoms with Gasteiger partial charge in [-0.1, -0.05) is 26.0 Å². The number of fused-ring (bicyclic) bond motifs is 1. The number of carbonyl (C=O) groups excluding carboxylic acids is 1. The Hall–Kier alpha value is -3.03. The van der Waals surface area contributed by atoms with Gasteiger partial charge in [0.1, 0.15) is 5.82 Å². The fourth-order valence-corrected chi connectivity index (χ4v) is 4.16. The van der Waals surface area contributed by atoms with Gasteiger partial charge in [-0.25, -0.2) is 4.98 Å². The van der Waals surface area contributed by atoms with Crippen molar-refractivity contribution < 1.29 is 4.79 Å². The summed E-state index contributed by atoms with van der Waals surface area (Å²) in [6.45, 7) is 4.87. The van der Waals surface area contributed by atoms with E-state index in [-0.39, 0.29) is 17.4 Å². The lowest BCUT2D eigenvalue weighted by Crippen LogP contribution is -2.31. The summed E-state index contributed by atoms with van der Waals surface area (Å²) in [5, 5.41) is 10.5. The normalized spacial score (nSPS) is 19.3. The van der Waals surface area contributed by atoms with Crippen LogP contribution in [-0.2, 0) is 17.8 Å². The average Bonchev–Trinajstić information content (AvgIpc) is 3.16. The van der Waals surface area contributed by atoms with Crippen molar-refractivity contribution in [1.82, 2.24) is 24.7 Å². The van der Waals surface area contributed by atoms with E-state index in [0.717, 1.165) is 43.4 Å². The number of H-pyrrole nitrogens is 1. The van der Waals surface area contributed by atoms with Gasteiger partial charge in [0.15, 0.2) is 0 Å². The fourth-order valence-electron chi connectivity index (χ4n) is 4.16. The van der Waals surface area contributed by atoms with Gasteiger partial charge in [0.25, 0.3) is 5.56 Å². The van der Waals surface area contributed by atoms with Crippen LogP contribution in [0.25, 0.3) is 10.9 Å². The molecule has 0 spiro atoms. The molecular weight excluding hydrogens is 380 g/mol. The van der Waals surface area contributed by atoms with Gasteiger partial charge >= 0.3 is 0 Å². The van der Waals surface area contributed by atoms with Crippen molar-refractivity contribution in [3.05, 3.63) is 46.8 Å². The molecule has 3 aromatic rings. The molecule has 8 heteroatoms. The largest absolute Gasteiger partial charge is 0.298 e. The van der Waals surface area contributed by atoms with Gasteiger partial charge in [0, 0.05) is 18.9 Å². The van der Waals surface area contributed by atoms with Crippen LogP contribution in [0.3, 0.4) is 0 Å². The number of aromatic nitrogens is 5. The highest BCUT2D eigenvalue weighted by Gasteiger charge is 2.27. The predicted octanol–water partition coefficient (Wildman–Crippen LogP) is 3.16. The first-order valence-corrected chi connectivity index (χ1v) is 10.7. The highest BCUT2D eigenvalue weighted by Crippen LogP contribution is 2.30. The van der Waals surface area contributed by atoms with Crippen LogP contribution in [0, 0.1) is 17.8 Å². The average molecular weight is 409 g/mol. The zero-order valence-electron chi connectivity index (χ0n) is 17.5. The molecule has 1 aliphatic carbocycles. The summed E-state index contributed by atoms with van der Waals surface area (Å²) in [7, 11) is 0. The summed E-state index contributed by atoms with van der Waals surface area (Å²) in [5.41, 5.74) is 0.727. The molecule has 1 aromatic carbocycles. The molecule has 0 radical (unpaired) electrons. The van der Waals surface area contributed by atoms with Crippen LogP contribution in [0.4, 0.5) is 5.95 Å². The second-order valence-corrected chi connectivity index (χ2v) is 8.63. The number of carbonyl (C=O) groups is 1. The van der Waals surface area contributed by atoms with Gasteiger partial charge in [-0.2, -0.15) is 4.98 Å². The quantitative estimate of drug-likeness (QED) is 0.652. The lowest BCUT2D eigenvalue weighted by atomic mass is 9.81. The van der Waals surface area contributed by atoms with Crippen LogP contribution in [0.15, 0.2) is 35.4 Å². The molecule has 1 fully saturated rings.